The average Bonchev–Trinajstić information content (AvgIpc) is 2.17. The van der Waals surface area contributed by atoms with Crippen LogP contribution in [0.2, 0.25) is 0 Å². The molecule has 1 heterocycles. The molecule has 0 aliphatic rings. The SMILES string of the molecule is NNC=O.Nc1cnc(C(F)(F)F)cn1. The first-order valence-corrected chi connectivity index (χ1v) is 3.46. The van der Waals surface area contributed by atoms with Crippen molar-refractivity contribution in [1.29, 1.82) is 0 Å². The third-order valence-corrected chi connectivity index (χ3v) is 1.03. The fraction of sp³-hybridized carbons (Fsp3) is 0.167. The molecule has 15 heavy (non-hydrogen) atoms. The number of amides is 1. The molecule has 0 unspecified atom stereocenters. The van der Waals surface area contributed by atoms with Crippen molar-refractivity contribution in [2.75, 3.05) is 5.73 Å². The summed E-state index contributed by atoms with van der Waals surface area (Å²) < 4.78 is 35.3. The second-order valence-electron chi connectivity index (χ2n) is 2.11. The van der Waals surface area contributed by atoms with Crippen molar-refractivity contribution in [3.8, 4) is 0 Å². The number of alkyl halides is 3. The number of aromatic nitrogens is 2. The number of nitrogens with two attached hydrogens (primary N) is 2. The minimum atomic E-state index is -4.44. The van der Waals surface area contributed by atoms with Gasteiger partial charge in [0.1, 0.15) is 5.82 Å². The summed E-state index contributed by atoms with van der Waals surface area (Å²) in [6, 6.07) is 0. The van der Waals surface area contributed by atoms with Gasteiger partial charge in [0.25, 0.3) is 0 Å². The predicted molar refractivity (Wildman–Crippen MR) is 44.8 cm³/mol. The maximum atomic E-state index is 11.8. The van der Waals surface area contributed by atoms with Crippen LogP contribution in [0.4, 0.5) is 19.0 Å². The van der Waals surface area contributed by atoms with E-state index in [1.807, 2.05) is 0 Å². The van der Waals surface area contributed by atoms with Gasteiger partial charge in [0.05, 0.1) is 12.4 Å². The van der Waals surface area contributed by atoms with E-state index >= 15 is 0 Å². The zero-order chi connectivity index (χ0) is 11.9. The van der Waals surface area contributed by atoms with Gasteiger partial charge in [0.15, 0.2) is 5.69 Å². The highest BCUT2D eigenvalue weighted by molar-refractivity contribution is 5.44. The topological polar surface area (TPSA) is 107 Å². The summed E-state index contributed by atoms with van der Waals surface area (Å²) in [6.07, 6.45) is -2.58. The molecular weight excluding hydrogens is 215 g/mol. The first kappa shape index (κ1) is 13.1. The molecule has 0 radical (unpaired) electrons. The molecule has 0 saturated carbocycles. The normalized spacial score (nSPS) is 9.87. The van der Waals surface area contributed by atoms with E-state index in [4.69, 9.17) is 10.5 Å². The molecule has 0 aromatic carbocycles. The number of carbonyl (C=O) groups excluding carboxylic acids is 1. The Hall–Kier alpha value is -1.90. The van der Waals surface area contributed by atoms with Gasteiger partial charge in [-0.15, -0.1) is 0 Å². The third-order valence-electron chi connectivity index (χ3n) is 1.03. The molecule has 84 valence electrons. The van der Waals surface area contributed by atoms with E-state index in [0.29, 0.717) is 12.6 Å². The van der Waals surface area contributed by atoms with Crippen LogP contribution in [0.3, 0.4) is 0 Å². The Kier molecular flexibility index (Phi) is 5.02. The van der Waals surface area contributed by atoms with Crippen molar-refractivity contribution in [3.05, 3.63) is 18.1 Å². The van der Waals surface area contributed by atoms with Gasteiger partial charge in [0.2, 0.25) is 6.41 Å². The molecule has 5 N–H and O–H groups in total. The number of rotatable bonds is 1. The van der Waals surface area contributed by atoms with Crippen LogP contribution in [0, 0.1) is 0 Å². The average molecular weight is 223 g/mol. The molecule has 6 nitrogen and oxygen atoms in total. The Bertz CT molecular complexity index is 299. The van der Waals surface area contributed by atoms with Crippen LogP contribution in [0.15, 0.2) is 12.4 Å². The molecule has 1 aromatic rings. The smallest absolute Gasteiger partial charge is 0.382 e. The lowest BCUT2D eigenvalue weighted by atomic mass is 10.4. The van der Waals surface area contributed by atoms with Crippen LogP contribution >= 0.6 is 0 Å². The predicted octanol–water partition coefficient (Wildman–Crippen LogP) is -0.316. The summed E-state index contributed by atoms with van der Waals surface area (Å²) in [5.41, 5.74) is 5.74. The lowest BCUT2D eigenvalue weighted by Gasteiger charge is -2.03. The summed E-state index contributed by atoms with van der Waals surface area (Å²) in [5, 5.41) is 0. The molecule has 0 spiro atoms. The van der Waals surface area contributed by atoms with Crippen LogP contribution in [-0.4, -0.2) is 16.4 Å². The summed E-state index contributed by atoms with van der Waals surface area (Å²) >= 11 is 0. The van der Waals surface area contributed by atoms with Gasteiger partial charge in [-0.3, -0.25) is 10.2 Å². The van der Waals surface area contributed by atoms with E-state index < -0.39 is 11.9 Å². The van der Waals surface area contributed by atoms with Crippen LogP contribution in [-0.2, 0) is 11.0 Å². The molecule has 0 fully saturated rings. The van der Waals surface area contributed by atoms with E-state index in [1.165, 1.54) is 0 Å². The van der Waals surface area contributed by atoms with Crippen molar-refractivity contribution in [1.82, 2.24) is 15.4 Å². The van der Waals surface area contributed by atoms with Crippen molar-refractivity contribution in [2.24, 2.45) is 5.84 Å². The molecule has 1 amide bonds. The lowest BCUT2D eigenvalue weighted by molar-refractivity contribution is -0.141. The summed E-state index contributed by atoms with van der Waals surface area (Å²) in [4.78, 5) is 15.2. The first-order chi connectivity index (χ1) is 6.91. The van der Waals surface area contributed by atoms with Crippen molar-refractivity contribution in [2.45, 2.75) is 6.18 Å². The molecule has 1 rings (SSSR count). The highest BCUT2D eigenvalue weighted by atomic mass is 19.4. The number of carbonyl (C=O) groups is 1. The second-order valence-corrected chi connectivity index (χ2v) is 2.11. The summed E-state index contributed by atoms with van der Waals surface area (Å²) in [7, 11) is 0. The van der Waals surface area contributed by atoms with Gasteiger partial charge in [-0.05, 0) is 0 Å². The number of anilines is 1. The number of nitrogens with one attached hydrogen (secondary N) is 1. The molecule has 0 saturated heterocycles. The number of hydrogen-bond acceptors (Lipinski definition) is 5. The minimum Gasteiger partial charge on any atom is -0.382 e. The number of halogens is 3. The Morgan fingerprint density at radius 1 is 1.33 bits per heavy atom. The fourth-order valence-corrected chi connectivity index (χ4v) is 0.484. The number of hydrazine groups is 1. The fourth-order valence-electron chi connectivity index (χ4n) is 0.484. The van der Waals surface area contributed by atoms with Crippen LogP contribution in [0.5, 0.6) is 0 Å². The van der Waals surface area contributed by atoms with Gasteiger partial charge in [0, 0.05) is 0 Å². The van der Waals surface area contributed by atoms with E-state index in [1.54, 1.807) is 5.43 Å². The van der Waals surface area contributed by atoms with Crippen molar-refractivity contribution < 1.29 is 18.0 Å². The molecule has 0 atom stereocenters. The van der Waals surface area contributed by atoms with E-state index in [-0.39, 0.29) is 5.82 Å². The zero-order valence-electron chi connectivity index (χ0n) is 7.32. The zero-order valence-corrected chi connectivity index (χ0v) is 7.32. The standard InChI is InChI=1S/C5H4F3N3.CH4N2O/c6-5(7,8)3-1-11-4(9)2-10-3;2-3-1-4/h1-2H,(H2,9,11);1H,2H2,(H,3,4). The van der Waals surface area contributed by atoms with Crippen molar-refractivity contribution in [3.63, 3.8) is 0 Å². The van der Waals surface area contributed by atoms with Gasteiger partial charge in [-0.1, -0.05) is 0 Å². The largest absolute Gasteiger partial charge is 0.434 e. The van der Waals surface area contributed by atoms with Gasteiger partial charge >= 0.3 is 6.18 Å². The van der Waals surface area contributed by atoms with Crippen LogP contribution < -0.4 is 17.0 Å². The highest BCUT2D eigenvalue weighted by Crippen LogP contribution is 2.26. The molecule has 0 bridgehead atoms. The molecule has 9 heteroatoms. The lowest BCUT2D eigenvalue weighted by Crippen LogP contribution is -2.18. The van der Waals surface area contributed by atoms with Crippen molar-refractivity contribution >= 4 is 12.2 Å². The number of nitrogen functional groups attached to an aromatic ring is 1. The Morgan fingerprint density at radius 3 is 2.13 bits per heavy atom. The second kappa shape index (κ2) is 5.75. The molecule has 1 aromatic heterocycles. The maximum absolute atomic E-state index is 11.8. The Labute approximate surface area is 82.5 Å². The summed E-state index contributed by atoms with van der Waals surface area (Å²) in [6.45, 7) is 0. The Morgan fingerprint density at radius 2 is 1.87 bits per heavy atom. The van der Waals surface area contributed by atoms with Gasteiger partial charge in [-0.2, -0.15) is 13.2 Å². The first-order valence-electron chi connectivity index (χ1n) is 3.46. The minimum absolute atomic E-state index is 0.0296. The van der Waals surface area contributed by atoms with E-state index in [2.05, 4.69) is 15.8 Å². The molecular formula is C6H8F3N5O. The summed E-state index contributed by atoms with van der Waals surface area (Å²) in [5.74, 6) is 4.38. The maximum Gasteiger partial charge on any atom is 0.434 e. The van der Waals surface area contributed by atoms with Crippen LogP contribution in [0.25, 0.3) is 0 Å². The molecule has 0 aliphatic heterocycles. The van der Waals surface area contributed by atoms with Gasteiger partial charge < -0.3 is 5.73 Å². The molecule has 0 aliphatic carbocycles. The number of nitrogens with zero attached hydrogens (tertiary/aromatic N) is 2. The number of hydrogen-bond donors (Lipinski definition) is 3. The highest BCUT2D eigenvalue weighted by Gasteiger charge is 2.32. The van der Waals surface area contributed by atoms with Crippen LogP contribution in [0.1, 0.15) is 5.69 Å². The Balaban J connectivity index is 0.000000423. The monoisotopic (exact) mass is 223 g/mol. The van der Waals surface area contributed by atoms with E-state index in [9.17, 15) is 13.2 Å². The third kappa shape index (κ3) is 5.41. The van der Waals surface area contributed by atoms with E-state index in [0.717, 1.165) is 6.20 Å². The van der Waals surface area contributed by atoms with Gasteiger partial charge in [-0.25, -0.2) is 15.8 Å². The quantitative estimate of drug-likeness (QED) is 0.262.